The van der Waals surface area contributed by atoms with Crippen molar-refractivity contribution in [2.75, 3.05) is 13.1 Å². The average Bonchev–Trinajstić information content (AvgIpc) is 2.88. The highest BCUT2D eigenvalue weighted by atomic mass is 35.5. The van der Waals surface area contributed by atoms with Crippen molar-refractivity contribution in [3.05, 3.63) is 45.7 Å². The molecule has 0 atom stereocenters. The number of aryl methyl sites for hydroxylation is 1. The van der Waals surface area contributed by atoms with E-state index >= 15 is 0 Å². The van der Waals surface area contributed by atoms with E-state index in [2.05, 4.69) is 5.10 Å². The van der Waals surface area contributed by atoms with Gasteiger partial charge in [-0.3, -0.25) is 9.59 Å². The standard InChI is InChI=1S/C15H15Cl2N3O3/c1-3-19(8-14(21)22)15(23)13-6-9(2)20(18-13)10-4-5-11(16)12(17)7-10/h4-7H,3,8H2,1-2H3,(H,21,22). The molecule has 0 radical (unpaired) electrons. The lowest BCUT2D eigenvalue weighted by atomic mass is 10.3. The van der Waals surface area contributed by atoms with Crippen molar-refractivity contribution < 1.29 is 14.7 Å². The van der Waals surface area contributed by atoms with Gasteiger partial charge in [-0.25, -0.2) is 4.68 Å². The summed E-state index contributed by atoms with van der Waals surface area (Å²) in [6.07, 6.45) is 0. The Balaban J connectivity index is 2.35. The van der Waals surface area contributed by atoms with Gasteiger partial charge < -0.3 is 10.0 Å². The maximum Gasteiger partial charge on any atom is 0.323 e. The summed E-state index contributed by atoms with van der Waals surface area (Å²) in [5.41, 5.74) is 1.56. The van der Waals surface area contributed by atoms with Gasteiger partial charge in [0, 0.05) is 12.2 Å². The molecule has 0 aliphatic heterocycles. The van der Waals surface area contributed by atoms with Crippen LogP contribution in [0.1, 0.15) is 23.1 Å². The molecule has 2 rings (SSSR count). The minimum atomic E-state index is -1.07. The van der Waals surface area contributed by atoms with Crippen LogP contribution in [0.15, 0.2) is 24.3 Å². The van der Waals surface area contributed by atoms with Gasteiger partial charge in [-0.05, 0) is 38.1 Å². The Bertz CT molecular complexity index is 758. The van der Waals surface area contributed by atoms with E-state index in [-0.39, 0.29) is 18.8 Å². The van der Waals surface area contributed by atoms with Crippen LogP contribution < -0.4 is 0 Å². The molecular formula is C15H15Cl2N3O3. The first-order chi connectivity index (χ1) is 10.8. The monoisotopic (exact) mass is 355 g/mol. The van der Waals surface area contributed by atoms with E-state index in [0.717, 1.165) is 5.69 Å². The summed E-state index contributed by atoms with van der Waals surface area (Å²) in [6, 6.07) is 6.63. The number of carbonyl (C=O) groups is 2. The number of benzene rings is 1. The summed E-state index contributed by atoms with van der Waals surface area (Å²) in [5.74, 6) is -1.50. The minimum Gasteiger partial charge on any atom is -0.480 e. The maximum atomic E-state index is 12.4. The van der Waals surface area contributed by atoms with Crippen molar-refractivity contribution in [1.82, 2.24) is 14.7 Å². The van der Waals surface area contributed by atoms with Gasteiger partial charge in [-0.2, -0.15) is 5.10 Å². The second kappa shape index (κ2) is 7.02. The molecule has 2 aromatic rings. The molecule has 23 heavy (non-hydrogen) atoms. The van der Waals surface area contributed by atoms with E-state index in [1.807, 2.05) is 0 Å². The number of aliphatic carboxylic acids is 1. The number of hydrogen-bond donors (Lipinski definition) is 1. The van der Waals surface area contributed by atoms with Gasteiger partial charge in [0.25, 0.3) is 5.91 Å². The fourth-order valence-corrected chi connectivity index (χ4v) is 2.40. The molecule has 1 amide bonds. The molecule has 1 aromatic carbocycles. The summed E-state index contributed by atoms with van der Waals surface area (Å²) in [4.78, 5) is 24.4. The van der Waals surface area contributed by atoms with Crippen LogP contribution in [0.3, 0.4) is 0 Å². The van der Waals surface area contributed by atoms with Crippen molar-refractivity contribution in [3.63, 3.8) is 0 Å². The number of likely N-dealkylation sites (N-methyl/N-ethyl adjacent to an activating group) is 1. The Kier molecular flexibility index (Phi) is 5.28. The third kappa shape index (κ3) is 3.83. The van der Waals surface area contributed by atoms with Crippen LogP contribution >= 0.6 is 23.2 Å². The van der Waals surface area contributed by atoms with Gasteiger partial charge in [-0.1, -0.05) is 23.2 Å². The van der Waals surface area contributed by atoms with Crippen molar-refractivity contribution in [1.29, 1.82) is 0 Å². The third-order valence-corrected chi connectivity index (χ3v) is 3.99. The van der Waals surface area contributed by atoms with Gasteiger partial charge in [0.05, 0.1) is 15.7 Å². The lowest BCUT2D eigenvalue weighted by Gasteiger charge is -2.16. The highest BCUT2D eigenvalue weighted by Crippen LogP contribution is 2.25. The molecular weight excluding hydrogens is 341 g/mol. The number of carbonyl (C=O) groups excluding carboxylic acids is 1. The van der Waals surface area contributed by atoms with Gasteiger partial charge in [0.1, 0.15) is 6.54 Å². The zero-order valence-electron chi connectivity index (χ0n) is 12.6. The number of nitrogens with zero attached hydrogens (tertiary/aromatic N) is 3. The third-order valence-electron chi connectivity index (χ3n) is 3.25. The second-order valence-corrected chi connectivity index (χ2v) is 5.71. The molecule has 0 bridgehead atoms. The first-order valence-corrected chi connectivity index (χ1v) is 7.62. The number of halogens is 2. The number of carboxylic acid groups (broad SMARTS) is 1. The summed E-state index contributed by atoms with van der Waals surface area (Å²) in [6.45, 7) is 3.42. The fourth-order valence-electron chi connectivity index (χ4n) is 2.11. The van der Waals surface area contributed by atoms with Gasteiger partial charge >= 0.3 is 5.97 Å². The average molecular weight is 356 g/mol. The molecule has 0 unspecified atom stereocenters. The molecule has 0 saturated carbocycles. The van der Waals surface area contributed by atoms with E-state index in [1.54, 1.807) is 42.8 Å². The lowest BCUT2D eigenvalue weighted by Crippen LogP contribution is -2.35. The van der Waals surface area contributed by atoms with Crippen LogP contribution in [-0.4, -0.2) is 44.8 Å². The molecule has 6 nitrogen and oxygen atoms in total. The highest BCUT2D eigenvalue weighted by molar-refractivity contribution is 6.42. The van der Waals surface area contributed by atoms with Crippen LogP contribution in [0.4, 0.5) is 0 Å². The number of carboxylic acids is 1. The molecule has 0 fully saturated rings. The predicted molar refractivity (Wildman–Crippen MR) is 87.5 cm³/mol. The van der Waals surface area contributed by atoms with Crippen LogP contribution in [0, 0.1) is 6.92 Å². The molecule has 0 aliphatic rings. The first-order valence-electron chi connectivity index (χ1n) is 6.86. The highest BCUT2D eigenvalue weighted by Gasteiger charge is 2.21. The van der Waals surface area contributed by atoms with E-state index in [1.165, 1.54) is 4.90 Å². The number of rotatable bonds is 5. The summed E-state index contributed by atoms with van der Waals surface area (Å²) in [5, 5.41) is 13.9. The van der Waals surface area contributed by atoms with Gasteiger partial charge in [-0.15, -0.1) is 0 Å². The lowest BCUT2D eigenvalue weighted by molar-refractivity contribution is -0.137. The van der Waals surface area contributed by atoms with Gasteiger partial charge in [0.15, 0.2) is 5.69 Å². The van der Waals surface area contributed by atoms with Crippen molar-refractivity contribution in [2.45, 2.75) is 13.8 Å². The molecule has 1 aromatic heterocycles. The predicted octanol–water partition coefficient (Wildman–Crippen LogP) is 3.03. The van der Waals surface area contributed by atoms with Crippen molar-refractivity contribution >= 4 is 35.1 Å². The zero-order chi connectivity index (χ0) is 17.1. The van der Waals surface area contributed by atoms with E-state index in [4.69, 9.17) is 28.3 Å². The summed E-state index contributed by atoms with van der Waals surface area (Å²) in [7, 11) is 0. The van der Waals surface area contributed by atoms with E-state index in [9.17, 15) is 9.59 Å². The Labute approximate surface area is 143 Å². The topological polar surface area (TPSA) is 75.4 Å². The Morgan fingerprint density at radius 2 is 1.96 bits per heavy atom. The SMILES string of the molecule is CCN(CC(=O)O)C(=O)c1cc(C)n(-c2ccc(Cl)c(Cl)c2)n1. The first kappa shape index (κ1) is 17.3. The van der Waals surface area contributed by atoms with Crippen molar-refractivity contribution in [2.24, 2.45) is 0 Å². The Morgan fingerprint density at radius 1 is 1.26 bits per heavy atom. The summed E-state index contributed by atoms with van der Waals surface area (Å²) < 4.78 is 1.56. The normalized spacial score (nSPS) is 10.6. The quantitative estimate of drug-likeness (QED) is 0.894. The zero-order valence-corrected chi connectivity index (χ0v) is 14.1. The smallest absolute Gasteiger partial charge is 0.323 e. The molecule has 8 heteroatoms. The summed E-state index contributed by atoms with van der Waals surface area (Å²) >= 11 is 11.9. The maximum absolute atomic E-state index is 12.4. The number of hydrogen-bond acceptors (Lipinski definition) is 3. The number of aromatic nitrogens is 2. The van der Waals surface area contributed by atoms with E-state index < -0.39 is 11.9 Å². The molecule has 0 spiro atoms. The van der Waals surface area contributed by atoms with Crippen LogP contribution in [0.2, 0.25) is 10.0 Å². The molecule has 122 valence electrons. The second-order valence-electron chi connectivity index (χ2n) is 4.89. The minimum absolute atomic E-state index is 0.177. The fraction of sp³-hybridized carbons (Fsp3) is 0.267. The Morgan fingerprint density at radius 3 is 2.52 bits per heavy atom. The molecule has 1 heterocycles. The molecule has 0 saturated heterocycles. The Hall–Kier alpha value is -2.05. The largest absolute Gasteiger partial charge is 0.480 e. The van der Waals surface area contributed by atoms with Crippen LogP contribution in [0.5, 0.6) is 0 Å². The number of amides is 1. The van der Waals surface area contributed by atoms with Crippen LogP contribution in [-0.2, 0) is 4.79 Å². The molecule has 1 N–H and O–H groups in total. The van der Waals surface area contributed by atoms with Gasteiger partial charge in [0.2, 0.25) is 0 Å². The molecule has 0 aliphatic carbocycles. The van der Waals surface area contributed by atoms with Crippen molar-refractivity contribution in [3.8, 4) is 5.69 Å². The van der Waals surface area contributed by atoms with Crippen LogP contribution in [0.25, 0.3) is 5.69 Å². The van der Waals surface area contributed by atoms with E-state index in [0.29, 0.717) is 15.7 Å².